The molecular formula is C40H30O7S. The van der Waals surface area contributed by atoms with E-state index in [9.17, 15) is 22.6 Å². The van der Waals surface area contributed by atoms with Crippen molar-refractivity contribution in [2.45, 2.75) is 18.7 Å². The Kier molecular flexibility index (Phi) is 9.03. The van der Waals surface area contributed by atoms with Crippen LogP contribution in [0.3, 0.4) is 0 Å². The second kappa shape index (κ2) is 13.5. The number of ether oxygens (including phenoxy) is 2. The lowest BCUT2D eigenvalue weighted by atomic mass is 9.89. The minimum absolute atomic E-state index is 0.142. The first-order valence-electron chi connectivity index (χ1n) is 15.0. The minimum Gasteiger partial charge on any atom is -0.457 e. The molecule has 0 bridgehead atoms. The van der Waals surface area contributed by atoms with Gasteiger partial charge in [0.05, 0.1) is 4.90 Å². The Balaban J connectivity index is 1.23. The van der Waals surface area contributed by atoms with E-state index in [-0.39, 0.29) is 16.5 Å². The molecule has 6 aromatic rings. The molecule has 8 heteroatoms. The van der Waals surface area contributed by atoms with Crippen LogP contribution in [0.5, 0.6) is 23.0 Å². The van der Waals surface area contributed by atoms with Crippen LogP contribution < -0.4 is 9.47 Å². The quantitative estimate of drug-likeness (QED) is 0.116. The molecule has 6 rings (SSSR count). The normalized spacial score (nSPS) is 11.1. The van der Waals surface area contributed by atoms with Gasteiger partial charge in [0.2, 0.25) is 0 Å². The maximum Gasteiger partial charge on any atom is 0.294 e. The molecule has 0 saturated heterocycles. The third-order valence-corrected chi connectivity index (χ3v) is 8.65. The molecule has 0 amide bonds. The Labute approximate surface area is 278 Å². The molecule has 7 nitrogen and oxygen atoms in total. The number of carbonyl (C=O) groups excluding carboxylic acids is 2. The number of rotatable bonds is 10. The fourth-order valence-corrected chi connectivity index (χ4v) is 5.71. The molecule has 0 aliphatic carbocycles. The van der Waals surface area contributed by atoms with E-state index in [1.54, 1.807) is 48.5 Å². The van der Waals surface area contributed by atoms with Gasteiger partial charge in [0, 0.05) is 22.3 Å². The van der Waals surface area contributed by atoms with E-state index >= 15 is 0 Å². The minimum atomic E-state index is -4.30. The number of ketones is 2. The summed E-state index contributed by atoms with van der Waals surface area (Å²) in [7, 11) is -4.30. The summed E-state index contributed by atoms with van der Waals surface area (Å²) in [6, 6.07) is 39.7. The van der Waals surface area contributed by atoms with Crippen LogP contribution in [0.25, 0.3) is 11.1 Å². The van der Waals surface area contributed by atoms with E-state index in [1.165, 1.54) is 24.3 Å². The smallest absolute Gasteiger partial charge is 0.294 e. The van der Waals surface area contributed by atoms with Gasteiger partial charge >= 0.3 is 0 Å². The first-order chi connectivity index (χ1) is 23.0. The molecule has 0 aromatic heterocycles. The third-order valence-electron chi connectivity index (χ3n) is 7.78. The standard InChI is InChI=1S/C40H30O7S/c1-26-8-23-36(38(24-26)40(42)29-13-17-32(18-14-29)46-31-6-4-3-5-7-31)30-10-9-27(2)37(25-30)39(41)28-11-15-33(16-12-28)47-34-19-21-35(22-20-34)48(43,44)45/h3-25H,1-2H3,(H,43,44,45). The van der Waals surface area contributed by atoms with Gasteiger partial charge in [0.15, 0.2) is 11.6 Å². The van der Waals surface area contributed by atoms with Crippen LogP contribution >= 0.6 is 0 Å². The topological polar surface area (TPSA) is 107 Å². The Morgan fingerprint density at radius 3 is 1.58 bits per heavy atom. The summed E-state index contributed by atoms with van der Waals surface area (Å²) in [6.45, 7) is 3.80. The fourth-order valence-electron chi connectivity index (χ4n) is 5.23. The van der Waals surface area contributed by atoms with Gasteiger partial charge in [-0.05, 0) is 128 Å². The van der Waals surface area contributed by atoms with Crippen LogP contribution in [-0.2, 0) is 10.1 Å². The van der Waals surface area contributed by atoms with E-state index < -0.39 is 10.1 Å². The van der Waals surface area contributed by atoms with Crippen molar-refractivity contribution in [3.8, 4) is 34.1 Å². The summed E-state index contributed by atoms with van der Waals surface area (Å²) in [5.74, 6) is 1.81. The first kappa shape index (κ1) is 32.1. The highest BCUT2D eigenvalue weighted by molar-refractivity contribution is 7.85. The fraction of sp³-hybridized carbons (Fsp3) is 0.0500. The zero-order valence-corrected chi connectivity index (χ0v) is 26.9. The summed E-state index contributed by atoms with van der Waals surface area (Å²) in [5, 5.41) is 0. The molecule has 0 unspecified atom stereocenters. The van der Waals surface area contributed by atoms with Crippen LogP contribution in [-0.4, -0.2) is 24.5 Å². The van der Waals surface area contributed by atoms with Crippen LogP contribution in [0.2, 0.25) is 0 Å². The van der Waals surface area contributed by atoms with E-state index in [0.717, 1.165) is 16.7 Å². The van der Waals surface area contributed by atoms with Crippen molar-refractivity contribution in [2.75, 3.05) is 0 Å². The highest BCUT2D eigenvalue weighted by atomic mass is 32.2. The third kappa shape index (κ3) is 7.25. The molecular weight excluding hydrogens is 624 g/mol. The maximum absolute atomic E-state index is 13.8. The van der Waals surface area contributed by atoms with Gasteiger partial charge in [-0.1, -0.05) is 48.0 Å². The zero-order chi connectivity index (χ0) is 33.8. The lowest BCUT2D eigenvalue weighted by Gasteiger charge is -2.14. The summed E-state index contributed by atoms with van der Waals surface area (Å²) in [5.41, 5.74) is 5.18. The van der Waals surface area contributed by atoms with Crippen molar-refractivity contribution in [3.05, 3.63) is 173 Å². The van der Waals surface area contributed by atoms with Gasteiger partial charge in [-0.15, -0.1) is 0 Å². The van der Waals surface area contributed by atoms with Crippen LogP contribution in [0.15, 0.2) is 144 Å². The summed E-state index contributed by atoms with van der Waals surface area (Å²) in [6.07, 6.45) is 0. The van der Waals surface area contributed by atoms with Gasteiger partial charge < -0.3 is 9.47 Å². The molecule has 0 radical (unpaired) electrons. The molecule has 0 aliphatic rings. The number of hydrogen-bond donors (Lipinski definition) is 1. The lowest BCUT2D eigenvalue weighted by molar-refractivity contribution is 0.103. The molecule has 0 aliphatic heterocycles. The SMILES string of the molecule is Cc1ccc(-c2ccc(C)c(C(=O)c3ccc(Oc4ccc(S(=O)(=O)O)cc4)cc3)c2)c(C(=O)c2ccc(Oc3ccccc3)cc2)c1. The average Bonchev–Trinajstić information content (AvgIpc) is 3.09. The molecule has 0 atom stereocenters. The largest absolute Gasteiger partial charge is 0.457 e. The number of para-hydroxylation sites is 1. The molecule has 0 saturated carbocycles. The maximum atomic E-state index is 13.8. The summed E-state index contributed by atoms with van der Waals surface area (Å²) >= 11 is 0. The van der Waals surface area contributed by atoms with Gasteiger partial charge in [-0.2, -0.15) is 8.42 Å². The van der Waals surface area contributed by atoms with Crippen molar-refractivity contribution in [1.29, 1.82) is 0 Å². The van der Waals surface area contributed by atoms with Crippen molar-refractivity contribution >= 4 is 21.7 Å². The number of hydrogen-bond acceptors (Lipinski definition) is 6. The molecule has 0 heterocycles. The van der Waals surface area contributed by atoms with Crippen LogP contribution in [0.4, 0.5) is 0 Å². The molecule has 0 fully saturated rings. The highest BCUT2D eigenvalue weighted by Gasteiger charge is 2.19. The first-order valence-corrected chi connectivity index (χ1v) is 16.5. The number of benzene rings is 6. The zero-order valence-electron chi connectivity index (χ0n) is 26.1. The Bertz CT molecular complexity index is 2220. The molecule has 6 aromatic carbocycles. The Morgan fingerprint density at radius 2 is 1.04 bits per heavy atom. The van der Waals surface area contributed by atoms with Crippen molar-refractivity contribution in [3.63, 3.8) is 0 Å². The highest BCUT2D eigenvalue weighted by Crippen LogP contribution is 2.31. The molecule has 0 spiro atoms. The van der Waals surface area contributed by atoms with Gasteiger partial charge in [0.25, 0.3) is 10.1 Å². The molecule has 238 valence electrons. The van der Waals surface area contributed by atoms with Crippen molar-refractivity contribution in [2.24, 2.45) is 0 Å². The van der Waals surface area contributed by atoms with Gasteiger partial charge in [-0.25, -0.2) is 0 Å². The Morgan fingerprint density at radius 1 is 0.542 bits per heavy atom. The summed E-state index contributed by atoms with van der Waals surface area (Å²) in [4.78, 5) is 27.3. The van der Waals surface area contributed by atoms with Crippen molar-refractivity contribution in [1.82, 2.24) is 0 Å². The predicted molar refractivity (Wildman–Crippen MR) is 184 cm³/mol. The van der Waals surface area contributed by atoms with Crippen LogP contribution in [0, 0.1) is 13.8 Å². The molecule has 48 heavy (non-hydrogen) atoms. The van der Waals surface area contributed by atoms with E-state index in [2.05, 4.69) is 0 Å². The summed E-state index contributed by atoms with van der Waals surface area (Å²) < 4.78 is 43.4. The Hall–Kier alpha value is -5.83. The number of carbonyl (C=O) groups is 2. The average molecular weight is 655 g/mol. The van der Waals surface area contributed by atoms with E-state index in [1.807, 2.05) is 80.6 Å². The number of aryl methyl sites for hydroxylation is 2. The van der Waals surface area contributed by atoms with Crippen LogP contribution in [0.1, 0.15) is 43.0 Å². The predicted octanol–water partition coefficient (Wildman–Crippen LogP) is 9.26. The van der Waals surface area contributed by atoms with E-state index in [0.29, 0.717) is 50.8 Å². The van der Waals surface area contributed by atoms with E-state index in [4.69, 9.17) is 9.47 Å². The second-order valence-electron chi connectivity index (χ2n) is 11.2. The second-order valence-corrected chi connectivity index (χ2v) is 12.7. The molecule has 1 N–H and O–H groups in total. The lowest BCUT2D eigenvalue weighted by Crippen LogP contribution is -2.06. The van der Waals surface area contributed by atoms with Gasteiger partial charge in [0.1, 0.15) is 23.0 Å². The monoisotopic (exact) mass is 654 g/mol. The van der Waals surface area contributed by atoms with Gasteiger partial charge in [-0.3, -0.25) is 14.1 Å². The van der Waals surface area contributed by atoms with Crippen molar-refractivity contribution < 1.29 is 32.0 Å².